The van der Waals surface area contributed by atoms with Crippen LogP contribution >= 0.6 is 0 Å². The summed E-state index contributed by atoms with van der Waals surface area (Å²) in [6.07, 6.45) is 3.16. The zero-order chi connectivity index (χ0) is 12.8. The van der Waals surface area contributed by atoms with Crippen LogP contribution in [-0.2, 0) is 0 Å². The molecule has 1 aromatic carbocycles. The molecule has 0 aliphatic heterocycles. The van der Waals surface area contributed by atoms with Crippen LogP contribution in [0.15, 0.2) is 18.2 Å². The van der Waals surface area contributed by atoms with Gasteiger partial charge in [0.25, 0.3) is 5.91 Å². The van der Waals surface area contributed by atoms with Crippen molar-refractivity contribution in [1.82, 2.24) is 0 Å². The summed E-state index contributed by atoms with van der Waals surface area (Å²) < 4.78 is 0. The lowest BCUT2D eigenvalue weighted by Gasteiger charge is -2.19. The van der Waals surface area contributed by atoms with Crippen LogP contribution in [0.2, 0.25) is 0 Å². The van der Waals surface area contributed by atoms with Crippen LogP contribution in [0.3, 0.4) is 0 Å². The monoisotopic (exact) mass is 235 g/mol. The molecule has 94 valence electrons. The number of benzene rings is 1. The number of hydrogen-bond donors (Lipinski definition) is 3. The van der Waals surface area contributed by atoms with Crippen LogP contribution < -0.4 is 16.8 Å². The molecule has 4 nitrogen and oxygen atoms in total. The van der Waals surface area contributed by atoms with Gasteiger partial charge in [0, 0.05) is 17.4 Å². The van der Waals surface area contributed by atoms with E-state index < -0.39 is 5.91 Å². The minimum absolute atomic E-state index is 0.347. The molecular weight excluding hydrogens is 214 g/mol. The molecule has 0 aromatic heterocycles. The summed E-state index contributed by atoms with van der Waals surface area (Å²) in [5.41, 5.74) is 12.9. The minimum atomic E-state index is -0.432. The fourth-order valence-corrected chi connectivity index (χ4v) is 1.84. The number of hydrogen-bond acceptors (Lipinski definition) is 3. The Hall–Kier alpha value is -1.71. The molecule has 1 rings (SSSR count). The topological polar surface area (TPSA) is 81.1 Å². The fourth-order valence-electron chi connectivity index (χ4n) is 1.84. The number of nitrogens with one attached hydrogen (secondary N) is 1. The van der Waals surface area contributed by atoms with E-state index in [0.717, 1.165) is 24.9 Å². The molecule has 0 heterocycles. The molecule has 0 radical (unpaired) electrons. The van der Waals surface area contributed by atoms with Gasteiger partial charge in [-0.1, -0.05) is 20.3 Å². The highest BCUT2D eigenvalue weighted by Crippen LogP contribution is 2.21. The van der Waals surface area contributed by atoms with Crippen LogP contribution in [0.4, 0.5) is 11.4 Å². The van der Waals surface area contributed by atoms with E-state index in [1.165, 1.54) is 0 Å². The second-order valence-electron chi connectivity index (χ2n) is 4.21. The first-order valence-corrected chi connectivity index (χ1v) is 6.04. The second-order valence-corrected chi connectivity index (χ2v) is 4.21. The van der Waals surface area contributed by atoms with Crippen molar-refractivity contribution >= 4 is 17.3 Å². The summed E-state index contributed by atoms with van der Waals surface area (Å²) in [4.78, 5) is 11.3. The highest BCUT2D eigenvalue weighted by atomic mass is 16.1. The highest BCUT2D eigenvalue weighted by molar-refractivity contribution is 5.99. The van der Waals surface area contributed by atoms with Crippen molar-refractivity contribution < 1.29 is 4.79 Å². The Bertz CT molecular complexity index is 390. The molecule has 0 saturated carbocycles. The molecule has 5 N–H and O–H groups in total. The Balaban J connectivity index is 2.94. The van der Waals surface area contributed by atoms with Crippen LogP contribution in [0.25, 0.3) is 0 Å². The van der Waals surface area contributed by atoms with Gasteiger partial charge < -0.3 is 16.8 Å². The first-order chi connectivity index (χ1) is 8.08. The Labute approximate surface area is 102 Å². The van der Waals surface area contributed by atoms with Crippen LogP contribution in [0.5, 0.6) is 0 Å². The Morgan fingerprint density at radius 2 is 2.12 bits per heavy atom. The van der Waals surface area contributed by atoms with E-state index in [1.54, 1.807) is 18.2 Å². The van der Waals surface area contributed by atoms with E-state index in [4.69, 9.17) is 11.5 Å². The van der Waals surface area contributed by atoms with Gasteiger partial charge in [-0.2, -0.15) is 0 Å². The molecule has 1 amide bonds. The van der Waals surface area contributed by atoms with Gasteiger partial charge in [0.15, 0.2) is 0 Å². The zero-order valence-corrected chi connectivity index (χ0v) is 10.5. The highest BCUT2D eigenvalue weighted by Gasteiger charge is 2.11. The predicted molar refractivity (Wildman–Crippen MR) is 72.0 cm³/mol. The molecule has 17 heavy (non-hydrogen) atoms. The van der Waals surface area contributed by atoms with Gasteiger partial charge in [-0.15, -0.1) is 0 Å². The maximum absolute atomic E-state index is 11.3. The number of carbonyl (C=O) groups excluding carboxylic acids is 1. The lowest BCUT2D eigenvalue weighted by Crippen LogP contribution is -2.21. The quantitative estimate of drug-likeness (QED) is 0.662. The Kier molecular flexibility index (Phi) is 4.82. The first-order valence-electron chi connectivity index (χ1n) is 6.04. The molecule has 1 unspecified atom stereocenters. The fraction of sp³-hybridized carbons (Fsp3) is 0.462. The molecule has 4 heteroatoms. The standard InChI is InChI=1S/C13H21N3O/c1-3-5-10(4-2)16-12-8-9(14)6-7-11(12)13(15)17/h6-8,10,16H,3-5,14H2,1-2H3,(H2,15,17). The van der Waals surface area contributed by atoms with Gasteiger partial charge >= 0.3 is 0 Å². The van der Waals surface area contributed by atoms with Gasteiger partial charge in [-0.05, 0) is 31.0 Å². The molecule has 0 aliphatic rings. The number of amides is 1. The Morgan fingerprint density at radius 1 is 1.41 bits per heavy atom. The van der Waals surface area contributed by atoms with Crippen molar-refractivity contribution in [2.45, 2.75) is 39.2 Å². The van der Waals surface area contributed by atoms with E-state index >= 15 is 0 Å². The summed E-state index contributed by atoms with van der Waals surface area (Å²) in [5.74, 6) is -0.432. The summed E-state index contributed by atoms with van der Waals surface area (Å²) in [5, 5.41) is 3.34. The largest absolute Gasteiger partial charge is 0.399 e. The smallest absolute Gasteiger partial charge is 0.250 e. The van der Waals surface area contributed by atoms with Crippen molar-refractivity contribution in [2.24, 2.45) is 5.73 Å². The number of primary amides is 1. The number of nitrogen functional groups attached to an aromatic ring is 1. The van der Waals surface area contributed by atoms with Crippen LogP contribution in [-0.4, -0.2) is 11.9 Å². The molecule has 1 aromatic rings. The van der Waals surface area contributed by atoms with E-state index in [-0.39, 0.29) is 0 Å². The first kappa shape index (κ1) is 13.4. The van der Waals surface area contributed by atoms with Crippen LogP contribution in [0, 0.1) is 0 Å². The van der Waals surface area contributed by atoms with Gasteiger partial charge in [0.1, 0.15) is 0 Å². The SMILES string of the molecule is CCCC(CC)Nc1cc(N)ccc1C(N)=O. The number of carbonyl (C=O) groups is 1. The average Bonchev–Trinajstić information content (AvgIpc) is 2.28. The van der Waals surface area contributed by atoms with Gasteiger partial charge in [-0.25, -0.2) is 0 Å². The predicted octanol–water partition coefficient (Wildman–Crippen LogP) is 2.36. The van der Waals surface area contributed by atoms with Crippen LogP contribution in [0.1, 0.15) is 43.5 Å². The van der Waals surface area contributed by atoms with Crippen molar-refractivity contribution in [3.05, 3.63) is 23.8 Å². The maximum Gasteiger partial charge on any atom is 0.250 e. The summed E-state index contributed by atoms with van der Waals surface area (Å²) in [6.45, 7) is 4.25. The third-order valence-corrected chi connectivity index (χ3v) is 2.80. The second kappa shape index (κ2) is 6.13. The lowest BCUT2D eigenvalue weighted by molar-refractivity contribution is 0.100. The molecule has 0 bridgehead atoms. The maximum atomic E-state index is 11.3. The molecule has 0 saturated heterocycles. The molecule has 0 aliphatic carbocycles. The van der Waals surface area contributed by atoms with E-state index in [1.807, 2.05) is 0 Å². The number of nitrogens with two attached hydrogens (primary N) is 2. The third-order valence-electron chi connectivity index (χ3n) is 2.80. The number of rotatable bonds is 6. The van der Waals surface area contributed by atoms with E-state index in [0.29, 0.717) is 17.3 Å². The lowest BCUT2D eigenvalue weighted by atomic mass is 10.1. The van der Waals surface area contributed by atoms with E-state index in [2.05, 4.69) is 19.2 Å². The van der Waals surface area contributed by atoms with Gasteiger partial charge in [0.2, 0.25) is 0 Å². The van der Waals surface area contributed by atoms with Crippen molar-refractivity contribution in [3.63, 3.8) is 0 Å². The average molecular weight is 235 g/mol. The summed E-state index contributed by atoms with van der Waals surface area (Å²) in [6, 6.07) is 5.46. The number of anilines is 2. The molecule has 0 spiro atoms. The van der Waals surface area contributed by atoms with Gasteiger partial charge in [0.05, 0.1) is 5.56 Å². The molecule has 1 atom stereocenters. The van der Waals surface area contributed by atoms with Crippen molar-refractivity contribution in [2.75, 3.05) is 11.1 Å². The normalized spacial score (nSPS) is 12.1. The van der Waals surface area contributed by atoms with Crippen molar-refractivity contribution in [1.29, 1.82) is 0 Å². The van der Waals surface area contributed by atoms with E-state index in [9.17, 15) is 4.79 Å². The Morgan fingerprint density at radius 3 is 2.65 bits per heavy atom. The molecule has 0 fully saturated rings. The third kappa shape index (κ3) is 3.66. The summed E-state index contributed by atoms with van der Waals surface area (Å²) in [7, 11) is 0. The summed E-state index contributed by atoms with van der Waals surface area (Å²) >= 11 is 0. The zero-order valence-electron chi connectivity index (χ0n) is 10.5. The minimum Gasteiger partial charge on any atom is -0.399 e. The van der Waals surface area contributed by atoms with Crippen molar-refractivity contribution in [3.8, 4) is 0 Å². The molecular formula is C13H21N3O. The van der Waals surface area contributed by atoms with Gasteiger partial charge in [-0.3, -0.25) is 4.79 Å².